The Bertz CT molecular complexity index is 202. The van der Waals surface area contributed by atoms with Crippen LogP contribution in [0.3, 0.4) is 0 Å². The fourth-order valence-electron chi connectivity index (χ4n) is 1.31. The van der Waals surface area contributed by atoms with Gasteiger partial charge in [0.2, 0.25) is 5.91 Å². The first-order valence-electron chi connectivity index (χ1n) is 3.50. The average Bonchev–Trinajstić information content (AvgIpc) is 2.08. The van der Waals surface area contributed by atoms with Gasteiger partial charge in [0.25, 0.3) is 0 Å². The van der Waals surface area contributed by atoms with E-state index in [1.165, 1.54) is 0 Å². The van der Waals surface area contributed by atoms with Crippen LogP contribution >= 0.6 is 0 Å². The zero-order valence-corrected chi connectivity index (χ0v) is 6.39. The summed E-state index contributed by atoms with van der Waals surface area (Å²) in [5, 5.41) is 11.1. The number of hydrogen-bond donors (Lipinski definition) is 2. The summed E-state index contributed by atoms with van der Waals surface area (Å²) in [5.41, 5.74) is -0.372. The average molecular weight is 157 g/mol. The molecule has 4 heteroatoms. The van der Waals surface area contributed by atoms with E-state index in [0.29, 0.717) is 13.0 Å². The number of carboxylic acid groups (broad SMARTS) is 1. The van der Waals surface area contributed by atoms with Crippen molar-refractivity contribution in [2.45, 2.75) is 19.8 Å². The second kappa shape index (κ2) is 2.53. The van der Waals surface area contributed by atoms with Crippen molar-refractivity contribution in [1.82, 2.24) is 5.32 Å². The molecule has 0 bridgehead atoms. The van der Waals surface area contributed by atoms with Crippen LogP contribution in [-0.4, -0.2) is 23.5 Å². The van der Waals surface area contributed by atoms with Crippen molar-refractivity contribution in [2.24, 2.45) is 5.41 Å². The third-order valence-corrected chi connectivity index (χ3v) is 1.88. The van der Waals surface area contributed by atoms with Gasteiger partial charge in [0.1, 0.15) is 0 Å². The lowest BCUT2D eigenvalue weighted by Crippen LogP contribution is -2.23. The maximum Gasteiger partial charge on any atom is 0.303 e. The number of carbonyl (C=O) groups excluding carboxylic acids is 1. The van der Waals surface area contributed by atoms with Crippen LogP contribution in [0.2, 0.25) is 0 Å². The van der Waals surface area contributed by atoms with Gasteiger partial charge in [-0.2, -0.15) is 0 Å². The van der Waals surface area contributed by atoms with Gasteiger partial charge in [0.05, 0.1) is 6.42 Å². The summed E-state index contributed by atoms with van der Waals surface area (Å²) >= 11 is 0. The molecule has 0 aromatic rings. The van der Waals surface area contributed by atoms with Crippen LogP contribution < -0.4 is 5.32 Å². The molecule has 4 nitrogen and oxygen atoms in total. The molecule has 1 aliphatic rings. The van der Waals surface area contributed by atoms with Gasteiger partial charge in [0, 0.05) is 18.4 Å². The van der Waals surface area contributed by atoms with Crippen LogP contribution in [0.15, 0.2) is 0 Å². The van der Waals surface area contributed by atoms with Gasteiger partial charge < -0.3 is 10.4 Å². The van der Waals surface area contributed by atoms with E-state index in [4.69, 9.17) is 5.11 Å². The molecule has 0 aromatic carbocycles. The highest BCUT2D eigenvalue weighted by atomic mass is 16.4. The lowest BCUT2D eigenvalue weighted by molar-refractivity contribution is -0.139. The van der Waals surface area contributed by atoms with Crippen molar-refractivity contribution in [1.29, 1.82) is 0 Å². The first-order valence-corrected chi connectivity index (χ1v) is 3.50. The maximum atomic E-state index is 10.7. The number of aliphatic carboxylic acids is 1. The minimum Gasteiger partial charge on any atom is -0.481 e. The molecule has 1 aliphatic heterocycles. The highest BCUT2D eigenvalue weighted by Gasteiger charge is 2.35. The molecular formula is C7H11NO3. The van der Waals surface area contributed by atoms with Crippen LogP contribution in [0.25, 0.3) is 0 Å². The molecule has 2 N–H and O–H groups in total. The van der Waals surface area contributed by atoms with E-state index >= 15 is 0 Å². The second-order valence-corrected chi connectivity index (χ2v) is 3.33. The molecule has 1 heterocycles. The molecule has 0 spiro atoms. The summed E-state index contributed by atoms with van der Waals surface area (Å²) in [7, 11) is 0. The fourth-order valence-corrected chi connectivity index (χ4v) is 1.31. The van der Waals surface area contributed by atoms with Gasteiger partial charge in [-0.25, -0.2) is 0 Å². The maximum absolute atomic E-state index is 10.7. The van der Waals surface area contributed by atoms with Crippen LogP contribution in [0.5, 0.6) is 0 Å². The predicted molar refractivity (Wildman–Crippen MR) is 38.0 cm³/mol. The molecular weight excluding hydrogens is 146 g/mol. The molecule has 0 aliphatic carbocycles. The third-order valence-electron chi connectivity index (χ3n) is 1.88. The number of carbonyl (C=O) groups is 2. The van der Waals surface area contributed by atoms with Gasteiger partial charge in [-0.1, -0.05) is 6.92 Å². The minimum atomic E-state index is -0.844. The molecule has 0 aromatic heterocycles. The Balaban J connectivity index is 2.55. The number of hydrogen-bond acceptors (Lipinski definition) is 2. The molecule has 62 valence electrons. The third kappa shape index (κ3) is 1.93. The van der Waals surface area contributed by atoms with Crippen LogP contribution in [-0.2, 0) is 9.59 Å². The van der Waals surface area contributed by atoms with E-state index in [-0.39, 0.29) is 17.7 Å². The standard InChI is InChI=1S/C7H11NO3/c1-7(3-6(10)11)2-5(9)8-4-7/h2-4H2,1H3,(H,8,9)(H,10,11). The molecule has 11 heavy (non-hydrogen) atoms. The van der Waals surface area contributed by atoms with Crippen molar-refractivity contribution in [3.8, 4) is 0 Å². The highest BCUT2D eigenvalue weighted by Crippen LogP contribution is 2.28. The van der Waals surface area contributed by atoms with E-state index in [1.807, 2.05) is 0 Å². The Kier molecular flexibility index (Phi) is 1.85. The van der Waals surface area contributed by atoms with Crippen molar-refractivity contribution < 1.29 is 14.7 Å². The van der Waals surface area contributed by atoms with E-state index in [0.717, 1.165) is 0 Å². The molecule has 1 saturated heterocycles. The Morgan fingerprint density at radius 1 is 1.82 bits per heavy atom. The molecule has 1 atom stereocenters. The fraction of sp³-hybridized carbons (Fsp3) is 0.714. The van der Waals surface area contributed by atoms with Crippen LogP contribution in [0.4, 0.5) is 0 Å². The van der Waals surface area contributed by atoms with E-state index in [1.54, 1.807) is 6.92 Å². The first kappa shape index (κ1) is 8.04. The first-order chi connectivity index (χ1) is 5.02. The van der Waals surface area contributed by atoms with Crippen LogP contribution in [0, 0.1) is 5.41 Å². The highest BCUT2D eigenvalue weighted by molar-refractivity contribution is 5.80. The van der Waals surface area contributed by atoms with E-state index in [2.05, 4.69) is 5.32 Å². The number of rotatable bonds is 2. The molecule has 1 amide bonds. The van der Waals surface area contributed by atoms with Gasteiger partial charge in [-0.05, 0) is 0 Å². The quantitative estimate of drug-likeness (QED) is 0.592. The number of amides is 1. The van der Waals surface area contributed by atoms with Gasteiger partial charge in [-0.3, -0.25) is 9.59 Å². The van der Waals surface area contributed by atoms with Gasteiger partial charge in [0.15, 0.2) is 0 Å². The normalized spacial score (nSPS) is 30.1. The minimum absolute atomic E-state index is 0.0475. The Morgan fingerprint density at radius 2 is 2.45 bits per heavy atom. The summed E-state index contributed by atoms with van der Waals surface area (Å²) in [4.78, 5) is 21.1. The lowest BCUT2D eigenvalue weighted by atomic mass is 9.86. The predicted octanol–water partition coefficient (Wildman–Crippen LogP) is -0.0127. The Hall–Kier alpha value is -1.06. The zero-order valence-electron chi connectivity index (χ0n) is 6.39. The van der Waals surface area contributed by atoms with E-state index < -0.39 is 5.97 Å². The molecule has 1 rings (SSSR count). The topological polar surface area (TPSA) is 66.4 Å². The lowest BCUT2D eigenvalue weighted by Gasteiger charge is -2.17. The van der Waals surface area contributed by atoms with Crippen molar-refractivity contribution in [3.63, 3.8) is 0 Å². The van der Waals surface area contributed by atoms with Crippen LogP contribution in [0.1, 0.15) is 19.8 Å². The van der Waals surface area contributed by atoms with E-state index in [9.17, 15) is 9.59 Å². The van der Waals surface area contributed by atoms with Crippen molar-refractivity contribution in [2.75, 3.05) is 6.54 Å². The van der Waals surface area contributed by atoms with Gasteiger partial charge in [-0.15, -0.1) is 0 Å². The van der Waals surface area contributed by atoms with Gasteiger partial charge >= 0.3 is 5.97 Å². The summed E-state index contributed by atoms with van der Waals surface area (Å²) in [5.74, 6) is -0.891. The Labute approximate surface area is 64.6 Å². The molecule has 0 saturated carbocycles. The SMILES string of the molecule is CC1(CC(=O)O)CNC(=O)C1. The Morgan fingerprint density at radius 3 is 2.82 bits per heavy atom. The monoisotopic (exact) mass is 157 g/mol. The largest absolute Gasteiger partial charge is 0.481 e. The summed E-state index contributed by atoms with van der Waals surface area (Å²) in [6.45, 7) is 2.29. The smallest absolute Gasteiger partial charge is 0.303 e. The number of carboxylic acids is 1. The van der Waals surface area contributed by atoms with Crippen molar-refractivity contribution >= 4 is 11.9 Å². The molecule has 1 fully saturated rings. The number of nitrogens with one attached hydrogen (secondary N) is 1. The second-order valence-electron chi connectivity index (χ2n) is 3.33. The molecule has 0 radical (unpaired) electrons. The summed E-state index contributed by atoms with van der Waals surface area (Å²) in [6.07, 6.45) is 0.394. The zero-order chi connectivity index (χ0) is 8.48. The summed E-state index contributed by atoms with van der Waals surface area (Å²) in [6, 6.07) is 0. The summed E-state index contributed by atoms with van der Waals surface area (Å²) < 4.78 is 0. The van der Waals surface area contributed by atoms with Crippen molar-refractivity contribution in [3.05, 3.63) is 0 Å². The molecule has 1 unspecified atom stereocenters.